The molecule has 2 aromatic carbocycles. The highest BCUT2D eigenvalue weighted by Gasteiger charge is 2.13. The summed E-state index contributed by atoms with van der Waals surface area (Å²) in [6, 6.07) is 22.0. The van der Waals surface area contributed by atoms with Crippen molar-refractivity contribution in [2.45, 2.75) is 23.6 Å². The number of nitrogens with zero attached hydrogens (tertiary/aromatic N) is 3. The highest BCUT2D eigenvalue weighted by atomic mass is 35.5. The molecule has 49 heavy (non-hydrogen) atoms. The van der Waals surface area contributed by atoms with Crippen molar-refractivity contribution in [2.24, 2.45) is 0 Å². The number of halogens is 2. The van der Waals surface area contributed by atoms with Gasteiger partial charge >= 0.3 is 0 Å². The molecule has 1 N–H and O–H groups in total. The van der Waals surface area contributed by atoms with E-state index in [0.717, 1.165) is 34.2 Å². The lowest BCUT2D eigenvalue weighted by atomic mass is 10.0. The van der Waals surface area contributed by atoms with Crippen LogP contribution in [-0.4, -0.2) is 61.5 Å². The van der Waals surface area contributed by atoms with Crippen molar-refractivity contribution in [3.63, 3.8) is 0 Å². The van der Waals surface area contributed by atoms with Gasteiger partial charge < -0.3 is 5.11 Å². The van der Waals surface area contributed by atoms with Crippen LogP contribution in [0, 0.1) is 0 Å². The van der Waals surface area contributed by atoms with Crippen LogP contribution in [-0.2, 0) is 30.9 Å². The summed E-state index contributed by atoms with van der Waals surface area (Å²) in [6.07, 6.45) is 11.6. The van der Waals surface area contributed by atoms with Crippen LogP contribution in [0.2, 0.25) is 5.02 Å². The molecule has 0 saturated carbocycles. The van der Waals surface area contributed by atoms with Gasteiger partial charge in [0.05, 0.1) is 20.5 Å². The number of allylic oxidation sites excluding steroid dienone is 1. The maximum atomic E-state index is 11.9. The maximum Gasteiger partial charge on any atom is 0.175 e. The molecule has 0 aliphatic carbocycles. The van der Waals surface area contributed by atoms with E-state index >= 15 is 0 Å². The quantitative estimate of drug-likeness (QED) is 0.0743. The molecule has 3 heterocycles. The maximum absolute atomic E-state index is 11.9. The molecule has 0 saturated heterocycles. The van der Waals surface area contributed by atoms with Crippen LogP contribution in [0.4, 0.5) is 0 Å². The fourth-order valence-electron chi connectivity index (χ4n) is 3.97. The zero-order chi connectivity index (χ0) is 35.3. The van der Waals surface area contributed by atoms with Crippen molar-refractivity contribution in [1.82, 2.24) is 15.0 Å². The number of sulfone groups is 2. The second-order valence-corrected chi connectivity index (χ2v) is 14.9. The van der Waals surface area contributed by atoms with Crippen LogP contribution in [0.3, 0.4) is 0 Å². The van der Waals surface area contributed by atoms with E-state index in [1.165, 1.54) is 24.6 Å². The number of hydrogen-bond acceptors (Lipinski definition) is 10. The fraction of sp³-hybridized carbons (Fsp3) is 0.114. The number of carbonyl (C=O) groups is 2. The monoisotopic (exact) mass is 741 g/mol. The van der Waals surface area contributed by atoms with Crippen molar-refractivity contribution < 1.29 is 31.5 Å². The number of aldehydes is 1. The number of aromatic nitrogens is 3. The standard InChI is InChI=1S/C17H13ClN2O2S.C14H13NO3S.C3H3ClO2.CH4/c1-23(21,22)15-6-4-12(5-7-15)16-9-14(18)11-20-17(16)13-3-2-8-19-10-13;1-19(17,18)13-6-4-11(5-7-13)9-14(16)12-3-2-8-15-10-12;4-3(1-5)2-6;/h2-11H,1H3;2-8,10H,9H2,1H3;1-2,5H;1H4/b;;3-1+;. The first-order valence-corrected chi connectivity index (χ1v) is 18.3. The Morgan fingerprint density at radius 3 is 1.80 bits per heavy atom. The summed E-state index contributed by atoms with van der Waals surface area (Å²) in [5, 5.41) is 8.14. The number of ketones is 1. The molecule has 0 fully saturated rings. The fourth-order valence-corrected chi connectivity index (χ4v) is 5.39. The second-order valence-electron chi connectivity index (χ2n) is 9.98. The Balaban J connectivity index is 0.000000291. The number of carbonyl (C=O) groups excluding carboxylic acids is 2. The Morgan fingerprint density at radius 2 is 1.35 bits per heavy atom. The van der Waals surface area contributed by atoms with Gasteiger partial charge in [0, 0.05) is 66.6 Å². The van der Waals surface area contributed by atoms with Crippen molar-refractivity contribution in [3.05, 3.63) is 137 Å². The Morgan fingerprint density at radius 1 is 0.796 bits per heavy atom. The number of hydrogen-bond donors (Lipinski definition) is 1. The number of aliphatic hydroxyl groups excluding tert-OH is 1. The molecule has 14 heteroatoms. The number of Topliss-reactive ketones (excluding diaryl/α,β-unsaturated/α-hetero) is 1. The summed E-state index contributed by atoms with van der Waals surface area (Å²) in [5.74, 6) is -0.0415. The Labute approximate surface area is 296 Å². The lowest BCUT2D eigenvalue weighted by Gasteiger charge is -2.10. The third-order valence-corrected chi connectivity index (χ3v) is 8.97. The van der Waals surface area contributed by atoms with Crippen LogP contribution in [0.5, 0.6) is 0 Å². The normalized spacial score (nSPS) is 11.1. The first kappa shape index (κ1) is 40.4. The predicted octanol–water partition coefficient (Wildman–Crippen LogP) is 7.24. The zero-order valence-corrected chi connectivity index (χ0v) is 28.7. The van der Waals surface area contributed by atoms with Gasteiger partial charge in [0.1, 0.15) is 11.3 Å². The topological polar surface area (TPSA) is 161 Å². The summed E-state index contributed by atoms with van der Waals surface area (Å²) in [7, 11) is -6.42. The molecule has 3 aromatic heterocycles. The second kappa shape index (κ2) is 18.7. The van der Waals surface area contributed by atoms with E-state index in [4.69, 9.17) is 28.3 Å². The van der Waals surface area contributed by atoms with Crippen molar-refractivity contribution in [3.8, 4) is 22.4 Å². The molecule has 5 rings (SSSR count). The first-order chi connectivity index (χ1) is 22.7. The Bertz CT molecular complexity index is 2100. The largest absolute Gasteiger partial charge is 0.514 e. The minimum atomic E-state index is -3.22. The highest BCUT2D eigenvalue weighted by Crippen LogP contribution is 2.32. The number of pyridine rings is 3. The number of aliphatic hydroxyl groups is 1. The van der Waals surface area contributed by atoms with Gasteiger partial charge in [-0.25, -0.2) is 16.8 Å². The summed E-state index contributed by atoms with van der Waals surface area (Å²) >= 11 is 11.0. The summed E-state index contributed by atoms with van der Waals surface area (Å²) < 4.78 is 45.8. The number of benzene rings is 2. The lowest BCUT2D eigenvalue weighted by Crippen LogP contribution is -2.04. The molecule has 0 aliphatic rings. The molecule has 0 bridgehead atoms. The molecule has 0 radical (unpaired) electrons. The van der Waals surface area contributed by atoms with Gasteiger partial charge in [-0.15, -0.1) is 0 Å². The third-order valence-electron chi connectivity index (χ3n) is 6.32. The molecular weight excluding hydrogens is 709 g/mol. The molecule has 10 nitrogen and oxygen atoms in total. The van der Waals surface area contributed by atoms with E-state index in [1.54, 1.807) is 73.3 Å². The summed E-state index contributed by atoms with van der Waals surface area (Å²) in [5.41, 5.74) is 4.61. The van der Waals surface area contributed by atoms with E-state index in [1.807, 2.05) is 18.2 Å². The van der Waals surface area contributed by atoms with Crippen molar-refractivity contribution in [1.29, 1.82) is 0 Å². The van der Waals surface area contributed by atoms with E-state index in [-0.39, 0.29) is 34.5 Å². The van der Waals surface area contributed by atoms with E-state index in [9.17, 15) is 26.4 Å². The molecule has 256 valence electrons. The van der Waals surface area contributed by atoms with Crippen LogP contribution >= 0.6 is 23.2 Å². The molecule has 0 spiro atoms. The molecule has 5 aromatic rings. The van der Waals surface area contributed by atoms with Crippen LogP contribution in [0.25, 0.3) is 22.4 Å². The van der Waals surface area contributed by atoms with Crippen LogP contribution in [0.15, 0.2) is 131 Å². The van der Waals surface area contributed by atoms with Gasteiger partial charge in [0.25, 0.3) is 0 Å². The minimum absolute atomic E-state index is 0. The predicted molar refractivity (Wildman–Crippen MR) is 192 cm³/mol. The molecule has 0 atom stereocenters. The van der Waals surface area contributed by atoms with Crippen molar-refractivity contribution in [2.75, 3.05) is 12.5 Å². The molecule has 0 aliphatic heterocycles. The van der Waals surface area contributed by atoms with E-state index in [0.29, 0.717) is 23.1 Å². The average Bonchev–Trinajstić information content (AvgIpc) is 3.08. The average molecular weight is 743 g/mol. The SMILES string of the molecule is C.CS(=O)(=O)c1ccc(-c2cc(Cl)cnc2-c2cccnc2)cc1.CS(=O)(=O)c1ccc(CC(=O)c2cccnc2)cc1.O=C/C(Cl)=C\O. The van der Waals surface area contributed by atoms with E-state index in [2.05, 4.69) is 15.0 Å². The third kappa shape index (κ3) is 12.7. The van der Waals surface area contributed by atoms with Gasteiger partial charge in [-0.1, -0.05) is 54.9 Å². The van der Waals surface area contributed by atoms with Gasteiger partial charge in [0.2, 0.25) is 0 Å². The summed E-state index contributed by atoms with van der Waals surface area (Å²) in [4.78, 5) is 34.3. The highest BCUT2D eigenvalue weighted by molar-refractivity contribution is 7.91. The zero-order valence-electron chi connectivity index (χ0n) is 25.6. The Kier molecular flexibility index (Phi) is 15.4. The molecular formula is C35H33Cl2N3O7S2. The van der Waals surface area contributed by atoms with Crippen LogP contribution in [0.1, 0.15) is 23.3 Å². The van der Waals surface area contributed by atoms with E-state index < -0.39 is 19.7 Å². The minimum Gasteiger partial charge on any atom is -0.514 e. The lowest BCUT2D eigenvalue weighted by molar-refractivity contribution is -0.104. The molecule has 0 amide bonds. The summed E-state index contributed by atoms with van der Waals surface area (Å²) in [6.45, 7) is 0. The number of rotatable bonds is 8. The molecule has 0 unspecified atom stereocenters. The van der Waals surface area contributed by atoms with Crippen molar-refractivity contribution >= 4 is 54.9 Å². The first-order valence-electron chi connectivity index (χ1n) is 13.8. The van der Waals surface area contributed by atoms with Gasteiger partial charge in [-0.05, 0) is 65.7 Å². The van der Waals surface area contributed by atoms with Gasteiger partial charge in [0.15, 0.2) is 31.7 Å². The van der Waals surface area contributed by atoms with Gasteiger partial charge in [-0.3, -0.25) is 24.5 Å². The van der Waals surface area contributed by atoms with Gasteiger partial charge in [-0.2, -0.15) is 0 Å². The van der Waals surface area contributed by atoms with Crippen LogP contribution < -0.4 is 0 Å². The smallest absolute Gasteiger partial charge is 0.175 e. The Hall–Kier alpha value is -4.75.